The largest absolute Gasteiger partial charge is 0.248 e. The highest BCUT2D eigenvalue weighted by Crippen LogP contribution is 2.21. The molecule has 1 heterocycles. The van der Waals surface area contributed by atoms with E-state index in [9.17, 15) is 0 Å². The van der Waals surface area contributed by atoms with E-state index in [1.165, 1.54) is 48.6 Å². The first-order chi connectivity index (χ1) is 10.9. The second-order valence-electron chi connectivity index (χ2n) is 5.90. The average molecular weight is 289 g/mol. The molecule has 0 amide bonds. The highest BCUT2D eigenvalue weighted by Gasteiger charge is 2.02. The zero-order valence-electron chi connectivity index (χ0n) is 13.3. The van der Waals surface area contributed by atoms with Crippen LogP contribution in [0.5, 0.6) is 0 Å². The van der Waals surface area contributed by atoms with E-state index in [-0.39, 0.29) is 0 Å². The molecule has 0 atom stereocenters. The molecule has 3 rings (SSSR count). The van der Waals surface area contributed by atoms with Crippen molar-refractivity contribution in [3.05, 3.63) is 66.2 Å². The number of pyridine rings is 1. The third-order valence-corrected chi connectivity index (χ3v) is 4.17. The molecule has 0 radical (unpaired) electrons. The van der Waals surface area contributed by atoms with Gasteiger partial charge in [-0.2, -0.15) is 0 Å². The molecule has 0 N–H and O–H groups in total. The number of para-hydroxylation sites is 1. The number of rotatable bonds is 6. The van der Waals surface area contributed by atoms with Crippen molar-refractivity contribution in [3.8, 4) is 11.3 Å². The third-order valence-electron chi connectivity index (χ3n) is 4.17. The first kappa shape index (κ1) is 14.8. The van der Waals surface area contributed by atoms with Crippen LogP contribution in [0.4, 0.5) is 0 Å². The maximum Gasteiger partial charge on any atom is 0.0709 e. The standard InChI is InChI=1S/C21H23N/c1-2-3-4-5-8-17-11-13-19(14-12-17)21-16-15-18-9-6-7-10-20(18)22-21/h6-7,9-16H,2-5,8H2,1H3. The van der Waals surface area contributed by atoms with Crippen LogP contribution in [0.25, 0.3) is 22.2 Å². The van der Waals surface area contributed by atoms with Crippen LogP contribution in [0.15, 0.2) is 60.7 Å². The topological polar surface area (TPSA) is 12.9 Å². The van der Waals surface area contributed by atoms with Crippen molar-refractivity contribution < 1.29 is 0 Å². The van der Waals surface area contributed by atoms with Gasteiger partial charge in [0.2, 0.25) is 0 Å². The fourth-order valence-corrected chi connectivity index (χ4v) is 2.82. The Kier molecular flexibility index (Phi) is 4.85. The third kappa shape index (κ3) is 3.54. The van der Waals surface area contributed by atoms with E-state index >= 15 is 0 Å². The highest BCUT2D eigenvalue weighted by atomic mass is 14.7. The van der Waals surface area contributed by atoms with Crippen LogP contribution in [0.2, 0.25) is 0 Å². The fraction of sp³-hybridized carbons (Fsp3) is 0.286. The minimum Gasteiger partial charge on any atom is -0.248 e. The van der Waals surface area contributed by atoms with Gasteiger partial charge in [-0.05, 0) is 30.5 Å². The van der Waals surface area contributed by atoms with Crippen molar-refractivity contribution in [2.24, 2.45) is 0 Å². The Morgan fingerprint density at radius 3 is 2.41 bits per heavy atom. The van der Waals surface area contributed by atoms with Gasteiger partial charge in [0.15, 0.2) is 0 Å². The van der Waals surface area contributed by atoms with Gasteiger partial charge in [0.1, 0.15) is 0 Å². The van der Waals surface area contributed by atoms with E-state index < -0.39 is 0 Å². The molecule has 112 valence electrons. The van der Waals surface area contributed by atoms with Crippen molar-refractivity contribution in [1.29, 1.82) is 0 Å². The number of hydrogen-bond acceptors (Lipinski definition) is 1. The fourth-order valence-electron chi connectivity index (χ4n) is 2.82. The monoisotopic (exact) mass is 289 g/mol. The van der Waals surface area contributed by atoms with Crippen LogP contribution in [0.1, 0.15) is 38.2 Å². The lowest BCUT2D eigenvalue weighted by Crippen LogP contribution is -1.88. The van der Waals surface area contributed by atoms with E-state index in [2.05, 4.69) is 61.5 Å². The normalized spacial score (nSPS) is 11.0. The SMILES string of the molecule is CCCCCCc1ccc(-c2ccc3ccccc3n2)cc1. The number of unbranched alkanes of at least 4 members (excludes halogenated alkanes) is 3. The Morgan fingerprint density at radius 2 is 1.59 bits per heavy atom. The molecule has 0 aliphatic carbocycles. The van der Waals surface area contributed by atoms with Gasteiger partial charge in [-0.25, -0.2) is 4.98 Å². The van der Waals surface area contributed by atoms with Gasteiger partial charge >= 0.3 is 0 Å². The smallest absolute Gasteiger partial charge is 0.0709 e. The van der Waals surface area contributed by atoms with E-state index in [0.29, 0.717) is 0 Å². The van der Waals surface area contributed by atoms with E-state index in [1.807, 2.05) is 6.07 Å². The molecule has 0 aliphatic heterocycles. The molecule has 0 bridgehead atoms. The van der Waals surface area contributed by atoms with Crippen molar-refractivity contribution in [2.75, 3.05) is 0 Å². The lowest BCUT2D eigenvalue weighted by atomic mass is 10.0. The second-order valence-corrected chi connectivity index (χ2v) is 5.90. The van der Waals surface area contributed by atoms with Crippen molar-refractivity contribution in [1.82, 2.24) is 4.98 Å². The zero-order chi connectivity index (χ0) is 15.2. The van der Waals surface area contributed by atoms with Crippen molar-refractivity contribution in [2.45, 2.75) is 39.0 Å². The molecule has 0 unspecified atom stereocenters. The number of fused-ring (bicyclic) bond motifs is 1. The number of aromatic nitrogens is 1. The van der Waals surface area contributed by atoms with Crippen molar-refractivity contribution in [3.63, 3.8) is 0 Å². The molecule has 3 aromatic rings. The molecule has 1 aromatic heterocycles. The number of hydrogen-bond donors (Lipinski definition) is 0. The van der Waals surface area contributed by atoms with E-state index in [1.54, 1.807) is 0 Å². The van der Waals surface area contributed by atoms with Gasteiger partial charge in [-0.3, -0.25) is 0 Å². The molecular formula is C21H23N. The summed E-state index contributed by atoms with van der Waals surface area (Å²) in [6.45, 7) is 2.26. The van der Waals surface area contributed by atoms with Gasteiger partial charge in [-0.15, -0.1) is 0 Å². The highest BCUT2D eigenvalue weighted by molar-refractivity contribution is 5.81. The molecular weight excluding hydrogens is 266 g/mol. The quantitative estimate of drug-likeness (QED) is 0.505. The second kappa shape index (κ2) is 7.22. The summed E-state index contributed by atoms with van der Waals surface area (Å²) in [5, 5.41) is 1.19. The minimum absolute atomic E-state index is 1.05. The summed E-state index contributed by atoms with van der Waals surface area (Å²) in [6, 6.07) is 21.4. The first-order valence-electron chi connectivity index (χ1n) is 8.32. The van der Waals surface area contributed by atoms with Crippen LogP contribution in [-0.2, 0) is 6.42 Å². The average Bonchev–Trinajstić information content (AvgIpc) is 2.59. The Labute approximate surface area is 133 Å². The molecule has 0 fully saturated rings. The number of nitrogens with zero attached hydrogens (tertiary/aromatic N) is 1. The summed E-state index contributed by atoms with van der Waals surface area (Å²) in [5.74, 6) is 0. The van der Waals surface area contributed by atoms with Crippen LogP contribution in [0.3, 0.4) is 0 Å². The maximum atomic E-state index is 4.76. The van der Waals surface area contributed by atoms with Gasteiger partial charge in [0, 0.05) is 10.9 Å². The predicted octanol–water partition coefficient (Wildman–Crippen LogP) is 6.02. The first-order valence-corrected chi connectivity index (χ1v) is 8.32. The number of aryl methyl sites for hydroxylation is 1. The molecule has 0 saturated carbocycles. The van der Waals surface area contributed by atoms with Gasteiger partial charge in [0.25, 0.3) is 0 Å². The van der Waals surface area contributed by atoms with E-state index in [0.717, 1.165) is 11.2 Å². The van der Waals surface area contributed by atoms with Gasteiger partial charge in [0.05, 0.1) is 11.2 Å². The minimum atomic E-state index is 1.05. The maximum absolute atomic E-state index is 4.76. The van der Waals surface area contributed by atoms with Crippen LogP contribution in [0, 0.1) is 0 Å². The predicted molar refractivity (Wildman–Crippen MR) is 95.0 cm³/mol. The summed E-state index contributed by atoms with van der Waals surface area (Å²) in [5.41, 5.74) is 4.74. The lowest BCUT2D eigenvalue weighted by Gasteiger charge is -2.05. The molecule has 0 spiro atoms. The molecule has 22 heavy (non-hydrogen) atoms. The Hall–Kier alpha value is -2.15. The summed E-state index contributed by atoms with van der Waals surface area (Å²) < 4.78 is 0. The number of benzene rings is 2. The summed E-state index contributed by atoms with van der Waals surface area (Å²) in [7, 11) is 0. The van der Waals surface area contributed by atoms with Crippen molar-refractivity contribution >= 4 is 10.9 Å². The lowest BCUT2D eigenvalue weighted by molar-refractivity contribution is 0.667. The Morgan fingerprint density at radius 1 is 0.773 bits per heavy atom. The Bertz CT molecular complexity index is 728. The molecule has 0 aliphatic rings. The summed E-state index contributed by atoms with van der Waals surface area (Å²) in [6.07, 6.45) is 6.46. The summed E-state index contributed by atoms with van der Waals surface area (Å²) >= 11 is 0. The van der Waals surface area contributed by atoms with Crippen LogP contribution >= 0.6 is 0 Å². The van der Waals surface area contributed by atoms with Gasteiger partial charge < -0.3 is 0 Å². The zero-order valence-corrected chi connectivity index (χ0v) is 13.3. The molecule has 1 nitrogen and oxygen atoms in total. The summed E-state index contributed by atoms with van der Waals surface area (Å²) in [4.78, 5) is 4.76. The molecule has 0 saturated heterocycles. The Balaban J connectivity index is 1.73. The van der Waals surface area contributed by atoms with Crippen LogP contribution in [-0.4, -0.2) is 4.98 Å². The van der Waals surface area contributed by atoms with Gasteiger partial charge in [-0.1, -0.05) is 74.7 Å². The molecule has 2 aromatic carbocycles. The molecule has 1 heteroatoms. The van der Waals surface area contributed by atoms with Crippen LogP contribution < -0.4 is 0 Å². The van der Waals surface area contributed by atoms with E-state index in [4.69, 9.17) is 4.98 Å².